The number of amides is 3. The Bertz CT molecular complexity index is 1720. The maximum atomic E-state index is 12.8. The third kappa shape index (κ3) is 7.70. The number of nitrogens with one attached hydrogen (secondary N) is 2. The first-order valence-electron chi connectivity index (χ1n) is 14.0. The van der Waals surface area contributed by atoms with Crippen molar-refractivity contribution >= 4 is 34.6 Å². The van der Waals surface area contributed by atoms with Crippen LogP contribution in [0.15, 0.2) is 78.0 Å². The molecule has 0 aliphatic carbocycles. The molecule has 14 heteroatoms. The molecule has 5 rings (SSSR count). The highest BCUT2D eigenvalue weighted by atomic mass is 32.2. The van der Waals surface area contributed by atoms with E-state index in [1.54, 1.807) is 0 Å². The largest absolute Gasteiger partial charge is 0.573 e. The van der Waals surface area contributed by atoms with Crippen LogP contribution in [0.5, 0.6) is 5.75 Å². The summed E-state index contributed by atoms with van der Waals surface area (Å²) >= 11 is 1.22. The third-order valence-corrected chi connectivity index (χ3v) is 7.83. The average molecular weight is 638 g/mol. The predicted molar refractivity (Wildman–Crippen MR) is 166 cm³/mol. The first kappa shape index (κ1) is 31.7. The van der Waals surface area contributed by atoms with Crippen molar-refractivity contribution in [2.24, 2.45) is 4.99 Å². The van der Waals surface area contributed by atoms with Gasteiger partial charge in [0.15, 0.2) is 11.0 Å². The van der Waals surface area contributed by atoms with Crippen LogP contribution < -0.4 is 20.5 Å². The van der Waals surface area contributed by atoms with Gasteiger partial charge in [-0.25, -0.2) is 19.9 Å². The molecule has 1 aromatic heterocycles. The lowest BCUT2D eigenvalue weighted by Gasteiger charge is -2.22. The highest BCUT2D eigenvalue weighted by Crippen LogP contribution is 2.34. The van der Waals surface area contributed by atoms with Crippen LogP contribution in [0.4, 0.5) is 23.7 Å². The highest BCUT2D eigenvalue weighted by Gasteiger charge is 2.33. The van der Waals surface area contributed by atoms with Gasteiger partial charge in [0.25, 0.3) is 0 Å². The van der Waals surface area contributed by atoms with Crippen LogP contribution in [0, 0.1) is 6.92 Å². The van der Waals surface area contributed by atoms with Crippen molar-refractivity contribution in [3.05, 3.63) is 89.7 Å². The molecule has 0 saturated carbocycles. The zero-order chi connectivity index (χ0) is 32.3. The lowest BCUT2D eigenvalue weighted by molar-refractivity contribution is -0.274. The smallest absolute Gasteiger partial charge is 0.406 e. The molecule has 0 radical (unpaired) electrons. The minimum Gasteiger partial charge on any atom is -0.406 e. The number of nitrogens with zero attached hydrogens (tertiary/aromatic N) is 5. The number of urea groups is 1. The van der Waals surface area contributed by atoms with Crippen molar-refractivity contribution < 1.29 is 27.5 Å². The van der Waals surface area contributed by atoms with E-state index in [-0.39, 0.29) is 29.4 Å². The van der Waals surface area contributed by atoms with Crippen molar-refractivity contribution in [2.75, 3.05) is 10.7 Å². The number of aromatic nitrogens is 3. The van der Waals surface area contributed by atoms with E-state index in [0.717, 1.165) is 27.9 Å². The molecule has 1 unspecified atom stereocenters. The van der Waals surface area contributed by atoms with Gasteiger partial charge in [0.2, 0.25) is 5.91 Å². The Labute approximate surface area is 261 Å². The Morgan fingerprint density at radius 3 is 2.42 bits per heavy atom. The Morgan fingerprint density at radius 1 is 1.04 bits per heavy atom. The lowest BCUT2D eigenvalue weighted by Crippen LogP contribution is -2.39. The fraction of sp³-hybridized carbons (Fsp3) is 0.258. The topological polar surface area (TPSA) is 114 Å². The minimum absolute atomic E-state index is 0.131. The molecular weight excluding hydrogens is 607 g/mol. The molecule has 0 bridgehead atoms. The molecular formula is C31H30F3N7O3S. The molecule has 1 saturated heterocycles. The number of halogens is 3. The fourth-order valence-corrected chi connectivity index (χ4v) is 5.48. The van der Waals surface area contributed by atoms with Crippen LogP contribution in [0.3, 0.4) is 0 Å². The van der Waals surface area contributed by atoms with Gasteiger partial charge in [-0.05, 0) is 66.8 Å². The molecule has 1 fully saturated rings. The Kier molecular flexibility index (Phi) is 9.25. The fourth-order valence-electron chi connectivity index (χ4n) is 4.63. The Balaban J connectivity index is 1.20. The van der Waals surface area contributed by atoms with Gasteiger partial charge in [-0.1, -0.05) is 62.0 Å². The van der Waals surface area contributed by atoms with Gasteiger partial charge >= 0.3 is 12.4 Å². The standard InChI is InChI=1S/C31H30F3N7O3S/c1-18(2)25-14-5-19(3)15-26(25)41-27(42)16-45-30(41)36-29(43)38-37-20(4)21-6-8-22(9-7-21)28-35-17-40(39-28)23-10-12-24(13-11-23)44-31(32,33)34/h5-15,17-18,20,37H,16H2,1-4H3,(H,38,43)/b36-30-. The highest BCUT2D eigenvalue weighted by molar-refractivity contribution is 8.15. The Hall–Kier alpha value is -4.69. The first-order valence-corrected chi connectivity index (χ1v) is 14.9. The van der Waals surface area contributed by atoms with Crippen molar-refractivity contribution in [2.45, 2.75) is 46.0 Å². The molecule has 2 N–H and O–H groups in total. The summed E-state index contributed by atoms with van der Waals surface area (Å²) in [5, 5.41) is 4.74. The normalized spacial score (nSPS) is 15.2. The van der Waals surface area contributed by atoms with Crippen molar-refractivity contribution in [1.82, 2.24) is 25.6 Å². The van der Waals surface area contributed by atoms with E-state index in [1.165, 1.54) is 51.9 Å². The van der Waals surface area contributed by atoms with Crippen molar-refractivity contribution in [3.63, 3.8) is 0 Å². The van der Waals surface area contributed by atoms with Crippen molar-refractivity contribution in [3.8, 4) is 22.8 Å². The van der Waals surface area contributed by atoms with E-state index in [9.17, 15) is 22.8 Å². The number of carbonyl (C=O) groups excluding carboxylic acids is 2. The average Bonchev–Trinajstić information content (AvgIpc) is 3.62. The number of hydrazine groups is 1. The predicted octanol–water partition coefficient (Wildman–Crippen LogP) is 6.68. The molecule has 10 nitrogen and oxygen atoms in total. The van der Waals surface area contributed by atoms with E-state index in [4.69, 9.17) is 0 Å². The second-order valence-electron chi connectivity index (χ2n) is 10.6. The SMILES string of the molecule is Cc1ccc(C(C)C)c(N2C(=O)CS/C2=N\C(=O)NNC(C)c2ccc(-c3ncn(-c4ccc(OC(F)(F)F)cc4)n3)cc2)c1. The molecule has 3 amide bonds. The monoisotopic (exact) mass is 637 g/mol. The number of alkyl halides is 3. The van der Waals surface area contributed by atoms with Crippen LogP contribution in [-0.2, 0) is 4.79 Å². The van der Waals surface area contributed by atoms with E-state index in [1.807, 2.05) is 56.3 Å². The van der Waals surface area contributed by atoms with Gasteiger partial charge in [0.1, 0.15) is 12.1 Å². The van der Waals surface area contributed by atoms with Gasteiger partial charge in [-0.2, -0.15) is 4.99 Å². The van der Waals surface area contributed by atoms with Crippen LogP contribution in [0.1, 0.15) is 49.4 Å². The number of amidine groups is 1. The van der Waals surface area contributed by atoms with Crippen LogP contribution in [0.25, 0.3) is 17.1 Å². The molecule has 1 aliphatic heterocycles. The quantitative estimate of drug-likeness (QED) is 0.207. The maximum Gasteiger partial charge on any atom is 0.573 e. The number of benzene rings is 3. The number of anilines is 1. The molecule has 3 aromatic carbocycles. The van der Waals surface area contributed by atoms with Crippen LogP contribution in [-0.4, -0.2) is 44.0 Å². The summed E-state index contributed by atoms with van der Waals surface area (Å²) in [5.74, 6) is 0.337. The van der Waals surface area contributed by atoms with E-state index in [0.29, 0.717) is 16.7 Å². The van der Waals surface area contributed by atoms with Crippen LogP contribution in [0.2, 0.25) is 0 Å². The summed E-state index contributed by atoms with van der Waals surface area (Å²) in [7, 11) is 0. The van der Waals surface area contributed by atoms with Gasteiger partial charge in [0, 0.05) is 11.6 Å². The minimum atomic E-state index is -4.76. The van der Waals surface area contributed by atoms with Gasteiger partial charge in [0.05, 0.1) is 17.1 Å². The molecule has 0 spiro atoms. The summed E-state index contributed by atoms with van der Waals surface area (Å²) < 4.78 is 42.6. The summed E-state index contributed by atoms with van der Waals surface area (Å²) in [6.45, 7) is 7.92. The molecule has 2 heterocycles. The summed E-state index contributed by atoms with van der Waals surface area (Å²) in [6.07, 6.45) is -3.30. The van der Waals surface area contributed by atoms with Gasteiger partial charge < -0.3 is 4.74 Å². The zero-order valence-corrected chi connectivity index (χ0v) is 25.6. The molecule has 234 valence electrons. The van der Waals surface area contributed by atoms with E-state index >= 15 is 0 Å². The molecule has 4 aromatic rings. The zero-order valence-electron chi connectivity index (χ0n) is 24.8. The number of carbonyl (C=O) groups is 2. The van der Waals surface area contributed by atoms with Crippen molar-refractivity contribution in [1.29, 1.82) is 0 Å². The Morgan fingerprint density at radius 2 is 1.76 bits per heavy atom. The van der Waals surface area contributed by atoms with E-state index < -0.39 is 12.4 Å². The number of ether oxygens (including phenoxy) is 1. The third-order valence-electron chi connectivity index (χ3n) is 6.90. The van der Waals surface area contributed by atoms with Crippen LogP contribution >= 0.6 is 11.8 Å². The molecule has 1 aliphatic rings. The number of thioether (sulfide) groups is 1. The van der Waals surface area contributed by atoms with Gasteiger partial charge in [-0.3, -0.25) is 15.1 Å². The van der Waals surface area contributed by atoms with E-state index in [2.05, 4.69) is 44.5 Å². The number of rotatable bonds is 8. The second kappa shape index (κ2) is 13.1. The van der Waals surface area contributed by atoms with Gasteiger partial charge in [-0.15, -0.1) is 18.3 Å². The summed E-state index contributed by atoms with van der Waals surface area (Å²) in [6, 6.07) is 17.7. The molecule has 45 heavy (non-hydrogen) atoms. The lowest BCUT2D eigenvalue weighted by atomic mass is 9.99. The first-order chi connectivity index (χ1) is 21.4. The maximum absolute atomic E-state index is 12.8. The number of hydrogen-bond acceptors (Lipinski definition) is 7. The number of aryl methyl sites for hydroxylation is 1. The second-order valence-corrected chi connectivity index (χ2v) is 11.5. The summed E-state index contributed by atoms with van der Waals surface area (Å²) in [4.78, 5) is 35.5. The number of hydrogen-bond donors (Lipinski definition) is 2. The molecule has 1 atom stereocenters. The summed E-state index contributed by atoms with van der Waals surface area (Å²) in [5.41, 5.74) is 10.4. The number of aliphatic imine (C=N–C) groups is 1.